The zero-order valence-corrected chi connectivity index (χ0v) is 9.28. The van der Waals surface area contributed by atoms with Crippen LogP contribution in [0.1, 0.15) is 13.8 Å². The molecule has 4 N–H and O–H groups in total. The Morgan fingerprint density at radius 2 is 1.92 bits per heavy atom. The molecular weight excluding hydrogens is 213 g/mol. The Morgan fingerprint density at radius 1 is 1.46 bits per heavy atom. The fourth-order valence-electron chi connectivity index (χ4n) is 0.565. The van der Waals surface area contributed by atoms with Crippen molar-refractivity contribution in [3.8, 4) is 0 Å². The summed E-state index contributed by atoms with van der Waals surface area (Å²) in [5.74, 6) is 0. The molecule has 2 amide bonds. The van der Waals surface area contributed by atoms with Crippen LogP contribution in [0, 0.1) is 0 Å². The number of carbonyl (C=O) groups is 1. The van der Waals surface area contributed by atoms with Crippen molar-refractivity contribution in [3.05, 3.63) is 0 Å². The number of nitrogens with two attached hydrogens (primary N) is 1. The van der Waals surface area contributed by atoms with Gasteiger partial charge in [0.2, 0.25) is 0 Å². The van der Waals surface area contributed by atoms with Crippen LogP contribution >= 0.6 is 6.64 Å². The molecule has 0 fully saturated rings. The van der Waals surface area contributed by atoms with Crippen LogP contribution in [-0.2, 0) is 20.9 Å². The fraction of sp³-hybridized carbons (Fsp3) is 0.800. The third-order valence-electron chi connectivity index (χ3n) is 0.914. The minimum atomic E-state index is -2.60. The molecule has 0 aliphatic rings. The SMILES string of the molecule is CCOP(=S)(NNC(N)=O)OCC. The standard InChI is InChI=1S/C5H14N3O3PS/c1-3-10-12(13,11-4-2)8-7-5(6)9/h3-4H2,1-2H3,(H,8,13)(H3,6,7,9). The first kappa shape index (κ1) is 12.8. The summed E-state index contributed by atoms with van der Waals surface area (Å²) in [5, 5.41) is 2.45. The Bertz CT molecular complexity index is 203. The third-order valence-corrected chi connectivity index (χ3v) is 3.40. The van der Waals surface area contributed by atoms with Crippen molar-refractivity contribution >= 4 is 24.5 Å². The smallest absolute Gasteiger partial charge is 0.326 e. The Morgan fingerprint density at radius 3 is 2.23 bits per heavy atom. The van der Waals surface area contributed by atoms with Crippen molar-refractivity contribution in [2.24, 2.45) is 5.73 Å². The number of amides is 2. The predicted octanol–water partition coefficient (Wildman–Crippen LogP) is 0.457. The highest BCUT2D eigenvalue weighted by Gasteiger charge is 2.17. The lowest BCUT2D eigenvalue weighted by Gasteiger charge is -2.21. The van der Waals surface area contributed by atoms with Gasteiger partial charge in [-0.25, -0.2) is 4.79 Å². The fourth-order valence-corrected chi connectivity index (χ4v) is 2.47. The van der Waals surface area contributed by atoms with Crippen LogP contribution in [0.2, 0.25) is 0 Å². The second-order valence-electron chi connectivity index (χ2n) is 1.93. The van der Waals surface area contributed by atoms with Crippen LogP contribution in [0.4, 0.5) is 4.79 Å². The van der Waals surface area contributed by atoms with Crippen LogP contribution in [0.15, 0.2) is 0 Å². The van der Waals surface area contributed by atoms with Crippen molar-refractivity contribution in [1.29, 1.82) is 0 Å². The largest absolute Gasteiger partial charge is 0.351 e. The molecular formula is C5H14N3O3PS. The third kappa shape index (κ3) is 5.95. The molecule has 13 heavy (non-hydrogen) atoms. The van der Waals surface area contributed by atoms with Crippen molar-refractivity contribution < 1.29 is 13.8 Å². The summed E-state index contributed by atoms with van der Waals surface area (Å²) in [6, 6.07) is -0.728. The van der Waals surface area contributed by atoms with E-state index >= 15 is 0 Å². The molecule has 0 heterocycles. The van der Waals surface area contributed by atoms with E-state index in [0.717, 1.165) is 0 Å². The molecule has 0 bridgehead atoms. The highest BCUT2D eigenvalue weighted by Crippen LogP contribution is 2.42. The van der Waals surface area contributed by atoms with E-state index in [0.29, 0.717) is 13.2 Å². The Labute approximate surface area is 82.3 Å². The van der Waals surface area contributed by atoms with Gasteiger partial charge in [-0.05, 0) is 25.7 Å². The topological polar surface area (TPSA) is 85.6 Å². The molecule has 0 aromatic rings. The number of nitrogens with one attached hydrogen (secondary N) is 2. The van der Waals surface area contributed by atoms with Crippen LogP contribution < -0.4 is 16.4 Å². The lowest BCUT2D eigenvalue weighted by Crippen LogP contribution is -2.39. The summed E-state index contributed by atoms with van der Waals surface area (Å²) in [6.07, 6.45) is 0. The molecule has 78 valence electrons. The van der Waals surface area contributed by atoms with E-state index in [2.05, 4.69) is 10.6 Å². The van der Waals surface area contributed by atoms with Gasteiger partial charge in [-0.15, -0.1) is 0 Å². The maximum Gasteiger partial charge on any atom is 0.326 e. The first-order valence-electron chi connectivity index (χ1n) is 3.76. The van der Waals surface area contributed by atoms with Gasteiger partial charge in [-0.2, -0.15) is 5.20 Å². The average Bonchev–Trinajstić information content (AvgIpc) is 2.02. The predicted molar refractivity (Wildman–Crippen MR) is 53.4 cm³/mol. The molecule has 0 aromatic carbocycles. The normalized spacial score (nSPS) is 11.2. The maximum atomic E-state index is 10.4. The number of carbonyl (C=O) groups excluding carboxylic acids is 1. The molecule has 0 saturated heterocycles. The number of urea groups is 1. The van der Waals surface area contributed by atoms with Crippen LogP contribution in [0.5, 0.6) is 0 Å². The number of hydrogen-bond donors (Lipinski definition) is 3. The zero-order valence-electron chi connectivity index (χ0n) is 7.57. The summed E-state index contributed by atoms with van der Waals surface area (Å²) < 4.78 is 10.3. The molecule has 0 rings (SSSR count). The van der Waals surface area contributed by atoms with Gasteiger partial charge in [0, 0.05) is 0 Å². The molecule has 0 radical (unpaired) electrons. The lowest BCUT2D eigenvalue weighted by atomic mass is 10.9. The second kappa shape index (κ2) is 6.28. The molecule has 0 atom stereocenters. The minimum absolute atomic E-state index is 0.407. The molecule has 0 aliphatic carbocycles. The van der Waals surface area contributed by atoms with E-state index in [9.17, 15) is 4.79 Å². The Kier molecular flexibility index (Phi) is 6.19. The highest BCUT2D eigenvalue weighted by atomic mass is 32.5. The summed E-state index contributed by atoms with van der Waals surface area (Å²) in [5.41, 5.74) is 6.98. The van der Waals surface area contributed by atoms with Gasteiger partial charge in [-0.1, -0.05) is 0 Å². The number of hydrazine groups is 1. The summed E-state index contributed by atoms with van der Waals surface area (Å²) >= 11 is 5.00. The maximum absolute atomic E-state index is 10.4. The quantitative estimate of drug-likeness (QED) is 0.453. The molecule has 8 heteroatoms. The van der Waals surface area contributed by atoms with Gasteiger partial charge >= 0.3 is 6.03 Å². The van der Waals surface area contributed by atoms with E-state index in [1.54, 1.807) is 13.8 Å². The van der Waals surface area contributed by atoms with Gasteiger partial charge in [-0.3, -0.25) is 5.43 Å². The molecule has 0 spiro atoms. The van der Waals surface area contributed by atoms with Crippen molar-refractivity contribution in [2.75, 3.05) is 13.2 Å². The van der Waals surface area contributed by atoms with Crippen molar-refractivity contribution in [3.63, 3.8) is 0 Å². The van der Waals surface area contributed by atoms with Crippen LogP contribution in [0.3, 0.4) is 0 Å². The molecule has 0 saturated carbocycles. The molecule has 0 aliphatic heterocycles. The van der Waals surface area contributed by atoms with E-state index in [1.165, 1.54) is 0 Å². The van der Waals surface area contributed by atoms with Gasteiger partial charge in [0.15, 0.2) is 0 Å². The summed E-state index contributed by atoms with van der Waals surface area (Å²) in [6.45, 7) is 1.78. The zero-order chi connectivity index (χ0) is 10.3. The number of primary amides is 1. The van der Waals surface area contributed by atoms with Gasteiger partial charge in [0.25, 0.3) is 6.64 Å². The first-order chi connectivity index (χ1) is 6.04. The Balaban J connectivity index is 4.07. The number of hydrogen-bond acceptors (Lipinski definition) is 4. The first-order valence-corrected chi connectivity index (χ1v) is 6.39. The van der Waals surface area contributed by atoms with Crippen molar-refractivity contribution in [1.82, 2.24) is 10.6 Å². The van der Waals surface area contributed by atoms with Gasteiger partial charge in [0.05, 0.1) is 13.2 Å². The van der Waals surface area contributed by atoms with Crippen LogP contribution in [0.25, 0.3) is 0 Å². The second-order valence-corrected chi connectivity index (χ2v) is 5.11. The summed E-state index contributed by atoms with van der Waals surface area (Å²) in [4.78, 5) is 10.4. The summed E-state index contributed by atoms with van der Waals surface area (Å²) in [7, 11) is 0. The van der Waals surface area contributed by atoms with Gasteiger partial charge in [0.1, 0.15) is 0 Å². The minimum Gasteiger partial charge on any atom is -0.351 e. The van der Waals surface area contributed by atoms with Crippen LogP contribution in [-0.4, -0.2) is 19.2 Å². The molecule has 0 aromatic heterocycles. The molecule has 6 nitrogen and oxygen atoms in total. The molecule has 0 unspecified atom stereocenters. The Hall–Kier alpha value is -0.200. The van der Waals surface area contributed by atoms with E-state index in [1.807, 2.05) is 0 Å². The lowest BCUT2D eigenvalue weighted by molar-refractivity contribution is 0.237. The van der Waals surface area contributed by atoms with E-state index < -0.39 is 12.7 Å². The van der Waals surface area contributed by atoms with E-state index in [4.69, 9.17) is 26.6 Å². The monoisotopic (exact) mass is 227 g/mol. The van der Waals surface area contributed by atoms with Gasteiger partial charge < -0.3 is 14.8 Å². The average molecular weight is 227 g/mol. The van der Waals surface area contributed by atoms with E-state index in [-0.39, 0.29) is 0 Å². The van der Waals surface area contributed by atoms with Crippen molar-refractivity contribution in [2.45, 2.75) is 13.8 Å². The highest BCUT2D eigenvalue weighted by molar-refractivity contribution is 8.08. The number of rotatable bonds is 6.